The lowest BCUT2D eigenvalue weighted by Crippen LogP contribution is -2.13. The zero-order valence-corrected chi connectivity index (χ0v) is 11.6. The molecular formula is C17H12N4O. The second-order valence-corrected chi connectivity index (χ2v) is 4.98. The minimum Gasteiger partial charge on any atom is -0.361 e. The highest BCUT2D eigenvalue weighted by atomic mass is 16.2. The van der Waals surface area contributed by atoms with Gasteiger partial charge in [-0.1, -0.05) is 18.2 Å². The topological polar surface area (TPSA) is 70.1 Å². The highest BCUT2D eigenvalue weighted by Crippen LogP contribution is 2.23. The second-order valence-electron chi connectivity index (χ2n) is 4.98. The van der Waals surface area contributed by atoms with Crippen LogP contribution in [-0.4, -0.2) is 21.6 Å². The molecule has 3 aromatic rings. The summed E-state index contributed by atoms with van der Waals surface area (Å²) in [5, 5.41) is 5.21. The fraction of sp³-hybridized carbons (Fsp3) is 0. The van der Waals surface area contributed by atoms with Gasteiger partial charge in [-0.3, -0.25) is 9.78 Å². The third-order valence-electron chi connectivity index (χ3n) is 3.64. The van der Waals surface area contributed by atoms with Gasteiger partial charge in [0.05, 0.1) is 5.57 Å². The molecule has 2 N–H and O–H groups in total. The molecule has 1 amide bonds. The average molecular weight is 288 g/mol. The van der Waals surface area contributed by atoms with Crippen LogP contribution in [0, 0.1) is 0 Å². The van der Waals surface area contributed by atoms with Gasteiger partial charge in [0, 0.05) is 40.6 Å². The summed E-state index contributed by atoms with van der Waals surface area (Å²) in [6.45, 7) is 0. The van der Waals surface area contributed by atoms with Crippen LogP contribution in [-0.2, 0) is 4.79 Å². The Morgan fingerprint density at radius 1 is 1.05 bits per heavy atom. The number of amides is 1. The molecule has 0 saturated carbocycles. The number of nitrogens with zero attached hydrogens (tertiary/aromatic N) is 2. The Balaban J connectivity index is 1.83. The van der Waals surface area contributed by atoms with Gasteiger partial charge in [-0.2, -0.15) is 5.10 Å². The Morgan fingerprint density at radius 3 is 2.73 bits per heavy atom. The van der Waals surface area contributed by atoms with Crippen molar-refractivity contribution in [2.75, 3.05) is 0 Å². The number of carbonyl (C=O) groups is 1. The zero-order valence-electron chi connectivity index (χ0n) is 11.6. The van der Waals surface area contributed by atoms with Crippen molar-refractivity contribution in [2.45, 2.75) is 0 Å². The van der Waals surface area contributed by atoms with E-state index in [0.29, 0.717) is 11.3 Å². The summed E-state index contributed by atoms with van der Waals surface area (Å²) < 4.78 is 0. The molecule has 106 valence electrons. The molecule has 0 aliphatic carbocycles. The van der Waals surface area contributed by atoms with E-state index < -0.39 is 0 Å². The molecule has 1 aromatic carbocycles. The van der Waals surface area contributed by atoms with Crippen LogP contribution in [0.25, 0.3) is 17.0 Å². The summed E-state index contributed by atoms with van der Waals surface area (Å²) in [4.78, 5) is 19.3. The predicted octanol–water partition coefficient (Wildman–Crippen LogP) is 2.48. The molecular weight excluding hydrogens is 276 g/mol. The summed E-state index contributed by atoms with van der Waals surface area (Å²) in [6.07, 6.45) is 7.13. The lowest BCUT2D eigenvalue weighted by atomic mass is 10.0. The second kappa shape index (κ2) is 4.96. The van der Waals surface area contributed by atoms with Gasteiger partial charge in [0.25, 0.3) is 5.91 Å². The Hall–Kier alpha value is -3.21. The van der Waals surface area contributed by atoms with Gasteiger partial charge in [-0.25, -0.2) is 5.43 Å². The number of carbonyl (C=O) groups excluding carboxylic acids is 1. The normalized spacial score (nSPS) is 16.1. The molecule has 1 aliphatic heterocycles. The number of hydrazone groups is 1. The van der Waals surface area contributed by atoms with E-state index in [1.807, 2.05) is 48.7 Å². The molecule has 22 heavy (non-hydrogen) atoms. The smallest absolute Gasteiger partial charge is 0.273 e. The third kappa shape index (κ3) is 2.00. The monoisotopic (exact) mass is 288 g/mol. The summed E-state index contributed by atoms with van der Waals surface area (Å²) in [5.74, 6) is -0.197. The van der Waals surface area contributed by atoms with Crippen LogP contribution in [0.4, 0.5) is 0 Å². The molecule has 5 nitrogen and oxygen atoms in total. The van der Waals surface area contributed by atoms with Crippen LogP contribution < -0.4 is 5.43 Å². The number of para-hydroxylation sites is 1. The van der Waals surface area contributed by atoms with E-state index in [1.54, 1.807) is 12.4 Å². The number of pyridine rings is 1. The maximum Gasteiger partial charge on any atom is 0.273 e. The highest BCUT2D eigenvalue weighted by Gasteiger charge is 2.24. The summed E-state index contributed by atoms with van der Waals surface area (Å²) in [6, 6.07) is 11.6. The molecule has 1 aliphatic rings. The summed E-state index contributed by atoms with van der Waals surface area (Å²) >= 11 is 0. The van der Waals surface area contributed by atoms with E-state index in [-0.39, 0.29) is 5.91 Å². The lowest BCUT2D eigenvalue weighted by Gasteiger charge is -2.01. The van der Waals surface area contributed by atoms with Crippen molar-refractivity contribution in [1.82, 2.24) is 15.4 Å². The van der Waals surface area contributed by atoms with E-state index in [1.165, 1.54) is 0 Å². The van der Waals surface area contributed by atoms with Crippen molar-refractivity contribution in [2.24, 2.45) is 5.10 Å². The van der Waals surface area contributed by atoms with Crippen LogP contribution in [0.1, 0.15) is 11.1 Å². The quantitative estimate of drug-likeness (QED) is 0.711. The maximum atomic E-state index is 12.1. The van der Waals surface area contributed by atoms with E-state index in [9.17, 15) is 4.79 Å². The first-order valence-corrected chi connectivity index (χ1v) is 6.89. The van der Waals surface area contributed by atoms with Crippen molar-refractivity contribution in [1.29, 1.82) is 0 Å². The first kappa shape index (κ1) is 12.5. The number of aromatic amines is 1. The molecule has 0 radical (unpaired) electrons. The van der Waals surface area contributed by atoms with Crippen LogP contribution in [0.15, 0.2) is 65.7 Å². The van der Waals surface area contributed by atoms with Gasteiger partial charge in [0.15, 0.2) is 0 Å². The third-order valence-corrected chi connectivity index (χ3v) is 3.64. The number of rotatable bonds is 2. The molecule has 0 atom stereocenters. The summed E-state index contributed by atoms with van der Waals surface area (Å²) in [5.41, 5.74) is 6.58. The Bertz CT molecular complexity index is 922. The number of hydrogen-bond acceptors (Lipinski definition) is 3. The van der Waals surface area contributed by atoms with Gasteiger partial charge in [0.1, 0.15) is 5.71 Å². The Kier molecular flexibility index (Phi) is 2.83. The average Bonchev–Trinajstić information content (AvgIpc) is 3.14. The largest absolute Gasteiger partial charge is 0.361 e. The SMILES string of the molecule is O=C1NN=C(c2ccncc2)C1=Cc1c[nH]c2ccccc12. The minimum absolute atomic E-state index is 0.197. The molecule has 0 spiro atoms. The first-order chi connectivity index (χ1) is 10.8. The lowest BCUT2D eigenvalue weighted by molar-refractivity contribution is -0.116. The number of H-pyrrole nitrogens is 1. The first-order valence-electron chi connectivity index (χ1n) is 6.89. The Morgan fingerprint density at radius 2 is 1.86 bits per heavy atom. The van der Waals surface area contributed by atoms with Gasteiger partial charge < -0.3 is 4.98 Å². The fourth-order valence-electron chi connectivity index (χ4n) is 2.57. The predicted molar refractivity (Wildman–Crippen MR) is 85.2 cm³/mol. The van der Waals surface area contributed by atoms with Crippen molar-refractivity contribution >= 4 is 28.6 Å². The fourth-order valence-corrected chi connectivity index (χ4v) is 2.57. The van der Waals surface area contributed by atoms with E-state index in [2.05, 4.69) is 20.5 Å². The van der Waals surface area contributed by atoms with Crippen LogP contribution in [0.3, 0.4) is 0 Å². The van der Waals surface area contributed by atoms with Gasteiger partial charge >= 0.3 is 0 Å². The van der Waals surface area contributed by atoms with Crippen LogP contribution in [0.2, 0.25) is 0 Å². The summed E-state index contributed by atoms with van der Waals surface area (Å²) in [7, 11) is 0. The van der Waals surface area contributed by atoms with Crippen molar-refractivity contribution in [3.63, 3.8) is 0 Å². The molecule has 4 rings (SSSR count). The Labute approximate surface area is 126 Å². The van der Waals surface area contributed by atoms with Gasteiger partial charge in [0.2, 0.25) is 0 Å². The number of nitrogens with one attached hydrogen (secondary N) is 2. The van der Waals surface area contributed by atoms with E-state index in [0.717, 1.165) is 22.0 Å². The van der Waals surface area contributed by atoms with Crippen LogP contribution >= 0.6 is 0 Å². The number of fused-ring (bicyclic) bond motifs is 1. The van der Waals surface area contributed by atoms with Gasteiger partial charge in [-0.15, -0.1) is 0 Å². The maximum absolute atomic E-state index is 12.1. The van der Waals surface area contributed by atoms with Crippen molar-refractivity contribution in [3.8, 4) is 0 Å². The van der Waals surface area contributed by atoms with Crippen molar-refractivity contribution in [3.05, 3.63) is 71.7 Å². The molecule has 5 heteroatoms. The standard InChI is InChI=1S/C17H12N4O/c22-17-14(16(20-21-17)11-5-7-18-8-6-11)9-12-10-19-15-4-2-1-3-13(12)15/h1-10,19H,(H,21,22). The number of hydrogen-bond donors (Lipinski definition) is 2. The van der Waals surface area contributed by atoms with Crippen molar-refractivity contribution < 1.29 is 4.79 Å². The van der Waals surface area contributed by atoms with Gasteiger partial charge in [-0.05, 0) is 24.3 Å². The molecule has 0 saturated heterocycles. The molecule has 0 bridgehead atoms. The van der Waals surface area contributed by atoms with E-state index >= 15 is 0 Å². The number of aromatic nitrogens is 2. The minimum atomic E-state index is -0.197. The number of benzene rings is 1. The van der Waals surface area contributed by atoms with Crippen LogP contribution in [0.5, 0.6) is 0 Å². The zero-order chi connectivity index (χ0) is 14.9. The van der Waals surface area contributed by atoms with E-state index in [4.69, 9.17) is 0 Å². The molecule has 2 aromatic heterocycles. The molecule has 0 unspecified atom stereocenters. The highest BCUT2D eigenvalue weighted by molar-refractivity contribution is 6.33. The molecule has 0 fully saturated rings. The molecule has 3 heterocycles.